The van der Waals surface area contributed by atoms with E-state index in [0.717, 1.165) is 24.8 Å². The van der Waals surface area contributed by atoms with E-state index >= 15 is 0 Å². The van der Waals surface area contributed by atoms with Gasteiger partial charge >= 0.3 is 17.9 Å². The van der Waals surface area contributed by atoms with Crippen molar-refractivity contribution in [1.82, 2.24) is 10.6 Å². The van der Waals surface area contributed by atoms with Gasteiger partial charge in [0.15, 0.2) is 0 Å². The van der Waals surface area contributed by atoms with Crippen LogP contribution in [-0.2, 0) is 38.3 Å². The molecule has 10 heteroatoms. The fourth-order valence-electron chi connectivity index (χ4n) is 3.59. The van der Waals surface area contributed by atoms with E-state index in [1.807, 2.05) is 24.3 Å². The molecule has 1 amide bonds. The van der Waals surface area contributed by atoms with E-state index in [-0.39, 0.29) is 13.0 Å². The smallest absolute Gasteiger partial charge is 0.415 e. The fraction of sp³-hybridized carbons (Fsp3) is 0.550. The van der Waals surface area contributed by atoms with Gasteiger partial charge in [0.05, 0.1) is 19.2 Å². The standard InChI is InChI=1S/C20H22F3N3O4/c21-20(22,23)18(28)30-19(12-25-7-2-8-29-19)17(27)26-16(11-24)10-13-5-6-14-3-1-4-15(14)9-13/h5-6,9,16,25H,1-4,7-8,10,12H2,(H,26,27)/t16?,19-/m0/s1. The zero-order valence-electron chi connectivity index (χ0n) is 16.2. The maximum absolute atomic E-state index is 12.8. The Labute approximate surface area is 171 Å². The third-order valence-corrected chi connectivity index (χ3v) is 5.09. The van der Waals surface area contributed by atoms with Crippen LogP contribution >= 0.6 is 0 Å². The molecule has 2 N–H and O–H groups in total. The molecule has 1 heterocycles. The molecule has 1 saturated heterocycles. The minimum atomic E-state index is -5.29. The normalized spacial score (nSPS) is 22.3. The lowest BCUT2D eigenvalue weighted by Crippen LogP contribution is -2.59. The van der Waals surface area contributed by atoms with E-state index in [9.17, 15) is 28.0 Å². The highest BCUT2D eigenvalue weighted by atomic mass is 19.4. The van der Waals surface area contributed by atoms with Crippen molar-refractivity contribution in [2.24, 2.45) is 0 Å². The third kappa shape index (κ3) is 5.09. The Bertz CT molecular complexity index is 843. The van der Waals surface area contributed by atoms with Crippen LogP contribution in [0.3, 0.4) is 0 Å². The second-order valence-electron chi connectivity index (χ2n) is 7.33. The largest absolute Gasteiger partial charge is 0.491 e. The van der Waals surface area contributed by atoms with Crippen molar-refractivity contribution in [3.05, 3.63) is 34.9 Å². The summed E-state index contributed by atoms with van der Waals surface area (Å²) in [4.78, 5) is 24.2. The number of ether oxygens (including phenoxy) is 2. The maximum Gasteiger partial charge on any atom is 0.491 e. The number of aryl methyl sites for hydroxylation is 2. The lowest BCUT2D eigenvalue weighted by Gasteiger charge is -2.31. The molecule has 1 unspecified atom stereocenters. The summed E-state index contributed by atoms with van der Waals surface area (Å²) < 4.78 is 47.9. The van der Waals surface area contributed by atoms with Crippen LogP contribution < -0.4 is 10.6 Å². The van der Waals surface area contributed by atoms with E-state index in [4.69, 9.17) is 4.74 Å². The number of benzene rings is 1. The summed E-state index contributed by atoms with van der Waals surface area (Å²) >= 11 is 0. The highest BCUT2D eigenvalue weighted by Gasteiger charge is 2.52. The number of carbonyl (C=O) groups excluding carboxylic acids is 2. The van der Waals surface area contributed by atoms with Gasteiger partial charge in [-0.05, 0) is 48.9 Å². The van der Waals surface area contributed by atoms with Crippen LogP contribution in [0.25, 0.3) is 0 Å². The first kappa shape index (κ1) is 22.1. The summed E-state index contributed by atoms with van der Waals surface area (Å²) in [7, 11) is 0. The molecule has 3 rings (SSSR count). The number of hydrogen-bond acceptors (Lipinski definition) is 6. The van der Waals surface area contributed by atoms with Gasteiger partial charge < -0.3 is 20.1 Å². The molecule has 162 valence electrons. The zero-order chi connectivity index (χ0) is 21.8. The topological polar surface area (TPSA) is 100 Å². The first-order chi connectivity index (χ1) is 14.2. The number of esters is 1. The third-order valence-electron chi connectivity index (χ3n) is 5.09. The van der Waals surface area contributed by atoms with Crippen molar-refractivity contribution < 1.29 is 32.2 Å². The average Bonchev–Trinajstić information content (AvgIpc) is 3.03. The number of nitrogens with zero attached hydrogens (tertiary/aromatic N) is 1. The van der Waals surface area contributed by atoms with Crippen molar-refractivity contribution in [2.75, 3.05) is 19.7 Å². The summed E-state index contributed by atoms with van der Waals surface area (Å²) in [5.74, 6) is -6.15. The van der Waals surface area contributed by atoms with Gasteiger partial charge in [0, 0.05) is 6.42 Å². The number of halogens is 3. The van der Waals surface area contributed by atoms with E-state index in [2.05, 4.69) is 15.4 Å². The number of amides is 1. The van der Waals surface area contributed by atoms with Crippen molar-refractivity contribution in [1.29, 1.82) is 5.26 Å². The zero-order valence-corrected chi connectivity index (χ0v) is 16.2. The molecule has 2 atom stereocenters. The highest BCUT2D eigenvalue weighted by molar-refractivity contribution is 5.88. The predicted octanol–water partition coefficient (Wildman–Crippen LogP) is 1.54. The lowest BCUT2D eigenvalue weighted by atomic mass is 10.0. The average molecular weight is 425 g/mol. The molecule has 0 saturated carbocycles. The molecule has 1 aliphatic carbocycles. The number of fused-ring (bicyclic) bond motifs is 1. The van der Waals surface area contributed by atoms with Gasteiger partial charge in [-0.2, -0.15) is 18.4 Å². The minimum absolute atomic E-state index is 0.0897. The molecule has 0 radical (unpaired) electrons. The van der Waals surface area contributed by atoms with Crippen LogP contribution in [0, 0.1) is 11.3 Å². The first-order valence-electron chi connectivity index (χ1n) is 9.69. The second kappa shape index (κ2) is 9.02. The van der Waals surface area contributed by atoms with Crippen molar-refractivity contribution in [3.63, 3.8) is 0 Å². The molecule has 1 aromatic carbocycles. The second-order valence-corrected chi connectivity index (χ2v) is 7.33. The Morgan fingerprint density at radius 3 is 2.80 bits per heavy atom. The van der Waals surface area contributed by atoms with Gasteiger partial charge in [-0.25, -0.2) is 4.79 Å². The molecule has 1 fully saturated rings. The number of nitriles is 1. The van der Waals surface area contributed by atoms with Crippen LogP contribution in [0.15, 0.2) is 18.2 Å². The quantitative estimate of drug-likeness (QED) is 0.695. The number of nitrogens with one attached hydrogen (secondary N) is 2. The van der Waals surface area contributed by atoms with Gasteiger partial charge in [0.2, 0.25) is 0 Å². The number of rotatable bonds is 5. The molecule has 2 aliphatic rings. The Balaban J connectivity index is 1.74. The van der Waals surface area contributed by atoms with Crippen LogP contribution in [-0.4, -0.2) is 49.6 Å². The minimum Gasteiger partial charge on any atom is -0.415 e. The van der Waals surface area contributed by atoms with E-state index in [1.165, 1.54) is 11.1 Å². The van der Waals surface area contributed by atoms with Gasteiger partial charge in [0.1, 0.15) is 6.04 Å². The SMILES string of the molecule is N#CC(Cc1ccc2c(c1)CCC2)NC(=O)[C@@]1(OC(=O)C(F)(F)F)CNCCCO1. The summed E-state index contributed by atoms with van der Waals surface area (Å²) in [5.41, 5.74) is 3.28. The van der Waals surface area contributed by atoms with Crippen LogP contribution in [0.1, 0.15) is 29.5 Å². The Kier molecular flexibility index (Phi) is 6.63. The van der Waals surface area contributed by atoms with Crippen molar-refractivity contribution in [3.8, 4) is 6.07 Å². The Hall–Kier alpha value is -2.64. The first-order valence-corrected chi connectivity index (χ1v) is 9.69. The monoisotopic (exact) mass is 425 g/mol. The van der Waals surface area contributed by atoms with Crippen molar-refractivity contribution in [2.45, 2.75) is 50.1 Å². The van der Waals surface area contributed by atoms with Gasteiger partial charge in [-0.3, -0.25) is 4.79 Å². The lowest BCUT2D eigenvalue weighted by molar-refractivity contribution is -0.252. The van der Waals surface area contributed by atoms with E-state index < -0.39 is 36.4 Å². The molecule has 0 bridgehead atoms. The van der Waals surface area contributed by atoms with E-state index in [0.29, 0.717) is 13.0 Å². The summed E-state index contributed by atoms with van der Waals surface area (Å²) in [5, 5.41) is 14.6. The van der Waals surface area contributed by atoms with Crippen LogP contribution in [0.5, 0.6) is 0 Å². The molecular weight excluding hydrogens is 403 g/mol. The molecule has 0 aromatic heterocycles. The van der Waals surface area contributed by atoms with Gasteiger partial charge in [-0.15, -0.1) is 0 Å². The van der Waals surface area contributed by atoms with E-state index in [1.54, 1.807) is 0 Å². The van der Waals surface area contributed by atoms with Crippen molar-refractivity contribution >= 4 is 11.9 Å². The number of alkyl halides is 3. The number of hydrogen-bond donors (Lipinski definition) is 2. The van der Waals surface area contributed by atoms with Gasteiger partial charge in [-0.1, -0.05) is 18.2 Å². The van der Waals surface area contributed by atoms with Crippen LogP contribution in [0.4, 0.5) is 13.2 Å². The molecular formula is C20H22F3N3O4. The number of carbonyl (C=O) groups is 2. The predicted molar refractivity (Wildman–Crippen MR) is 98.0 cm³/mol. The summed E-state index contributed by atoms with van der Waals surface area (Å²) in [6, 6.07) is 6.72. The summed E-state index contributed by atoms with van der Waals surface area (Å²) in [6.07, 6.45) is -1.70. The maximum atomic E-state index is 12.8. The molecule has 0 spiro atoms. The Morgan fingerprint density at radius 1 is 1.30 bits per heavy atom. The highest BCUT2D eigenvalue weighted by Crippen LogP contribution is 2.25. The fourth-order valence-corrected chi connectivity index (χ4v) is 3.59. The summed E-state index contributed by atoms with van der Waals surface area (Å²) in [6.45, 7) is -0.180. The molecule has 1 aromatic rings. The van der Waals surface area contributed by atoms with Gasteiger partial charge in [0.25, 0.3) is 5.91 Å². The Morgan fingerprint density at radius 2 is 2.07 bits per heavy atom. The van der Waals surface area contributed by atoms with Crippen LogP contribution in [0.2, 0.25) is 0 Å². The molecule has 1 aliphatic heterocycles. The molecule has 30 heavy (non-hydrogen) atoms. The molecule has 7 nitrogen and oxygen atoms in total.